The van der Waals surface area contributed by atoms with E-state index in [-0.39, 0.29) is 11.8 Å². The van der Waals surface area contributed by atoms with E-state index in [2.05, 4.69) is 59.3 Å². The third kappa shape index (κ3) is 5.97. The Morgan fingerprint density at radius 3 is 2.55 bits per heavy atom. The van der Waals surface area contributed by atoms with Gasteiger partial charge in [0.1, 0.15) is 0 Å². The van der Waals surface area contributed by atoms with E-state index >= 15 is 0 Å². The maximum Gasteiger partial charge on any atom is 0.224 e. The van der Waals surface area contributed by atoms with Crippen molar-refractivity contribution >= 4 is 23.2 Å². The van der Waals surface area contributed by atoms with Crippen molar-refractivity contribution < 1.29 is 4.79 Å². The number of anilines is 1. The number of nitrogens with zero attached hydrogens (tertiary/aromatic N) is 2. The van der Waals surface area contributed by atoms with Crippen molar-refractivity contribution in [3.8, 4) is 0 Å². The van der Waals surface area contributed by atoms with E-state index in [0.29, 0.717) is 6.54 Å². The highest BCUT2D eigenvalue weighted by atomic mass is 35.5. The molecule has 1 atom stereocenters. The number of amides is 1. The lowest BCUT2D eigenvalue weighted by atomic mass is 9.96. The molecule has 0 unspecified atom stereocenters. The van der Waals surface area contributed by atoms with Crippen molar-refractivity contribution in [1.29, 1.82) is 0 Å². The molecule has 1 saturated heterocycles. The third-order valence-corrected chi connectivity index (χ3v) is 6.13. The summed E-state index contributed by atoms with van der Waals surface area (Å²) < 4.78 is 0. The van der Waals surface area contributed by atoms with Crippen LogP contribution in [0.15, 0.2) is 48.5 Å². The van der Waals surface area contributed by atoms with Crippen LogP contribution in [-0.2, 0) is 17.9 Å². The van der Waals surface area contributed by atoms with E-state index in [9.17, 15) is 4.79 Å². The van der Waals surface area contributed by atoms with Gasteiger partial charge in [0.05, 0.1) is 5.92 Å². The molecule has 1 aliphatic rings. The van der Waals surface area contributed by atoms with Crippen LogP contribution in [0.3, 0.4) is 0 Å². The molecule has 0 bridgehead atoms. The molecule has 1 amide bonds. The zero-order valence-corrected chi connectivity index (χ0v) is 18.3. The Bertz CT molecular complexity index is 789. The summed E-state index contributed by atoms with van der Waals surface area (Å²) in [6, 6.07) is 16.5. The molecule has 1 heterocycles. The van der Waals surface area contributed by atoms with E-state index in [4.69, 9.17) is 11.6 Å². The fraction of sp³-hybridized carbons (Fsp3) is 0.458. The van der Waals surface area contributed by atoms with Crippen molar-refractivity contribution in [2.24, 2.45) is 5.92 Å². The molecule has 29 heavy (non-hydrogen) atoms. The lowest BCUT2D eigenvalue weighted by Crippen LogP contribution is -2.42. The van der Waals surface area contributed by atoms with Crippen LogP contribution >= 0.6 is 11.6 Å². The van der Waals surface area contributed by atoms with Crippen molar-refractivity contribution in [2.45, 2.75) is 39.8 Å². The molecule has 0 saturated carbocycles. The van der Waals surface area contributed by atoms with Gasteiger partial charge in [-0.05, 0) is 62.6 Å². The Hall–Kier alpha value is -2.04. The molecule has 5 heteroatoms. The predicted octanol–water partition coefficient (Wildman–Crippen LogP) is 4.71. The minimum Gasteiger partial charge on any atom is -0.372 e. The molecule has 4 nitrogen and oxygen atoms in total. The summed E-state index contributed by atoms with van der Waals surface area (Å²) in [6.07, 6.45) is 1.99. The number of carbonyl (C=O) groups is 1. The van der Waals surface area contributed by atoms with E-state index in [1.54, 1.807) is 0 Å². The summed E-state index contributed by atoms with van der Waals surface area (Å²) >= 11 is 6.30. The standard InChI is InChI=1S/C24H32ClN3O/c1-3-28(4-2)22-13-11-19(12-14-22)16-26-24(29)21-9-7-15-27(18-21)17-20-8-5-6-10-23(20)25/h5-6,8,10-14,21H,3-4,7,9,15-18H2,1-2H3,(H,26,29)/t21-/m1/s1. The predicted molar refractivity (Wildman–Crippen MR) is 121 cm³/mol. The normalized spacial score (nSPS) is 17.1. The number of piperidine rings is 1. The molecule has 2 aromatic rings. The van der Waals surface area contributed by atoms with Gasteiger partial charge in [-0.15, -0.1) is 0 Å². The molecule has 2 aromatic carbocycles. The Balaban J connectivity index is 1.50. The summed E-state index contributed by atoms with van der Waals surface area (Å²) in [5.74, 6) is 0.197. The van der Waals surface area contributed by atoms with E-state index in [1.807, 2.05) is 18.2 Å². The summed E-state index contributed by atoms with van der Waals surface area (Å²) in [5, 5.41) is 3.93. The van der Waals surface area contributed by atoms with Crippen LogP contribution < -0.4 is 10.2 Å². The van der Waals surface area contributed by atoms with Gasteiger partial charge in [-0.25, -0.2) is 0 Å². The van der Waals surface area contributed by atoms with Gasteiger partial charge in [0.15, 0.2) is 0 Å². The highest BCUT2D eigenvalue weighted by Crippen LogP contribution is 2.22. The van der Waals surface area contributed by atoms with Crippen LogP contribution in [0, 0.1) is 5.92 Å². The zero-order valence-electron chi connectivity index (χ0n) is 17.5. The first-order valence-electron chi connectivity index (χ1n) is 10.7. The van der Waals surface area contributed by atoms with Gasteiger partial charge >= 0.3 is 0 Å². The van der Waals surface area contributed by atoms with Crippen LogP contribution in [0.4, 0.5) is 5.69 Å². The number of hydrogen-bond donors (Lipinski definition) is 1. The molecule has 0 aromatic heterocycles. The number of benzene rings is 2. The Morgan fingerprint density at radius 2 is 1.86 bits per heavy atom. The maximum atomic E-state index is 12.7. The number of carbonyl (C=O) groups excluding carboxylic acids is 1. The van der Waals surface area contributed by atoms with Gasteiger partial charge < -0.3 is 10.2 Å². The molecule has 0 aliphatic carbocycles. The van der Waals surface area contributed by atoms with Crippen molar-refractivity contribution in [3.05, 3.63) is 64.7 Å². The molecule has 1 fully saturated rings. The van der Waals surface area contributed by atoms with Crippen LogP contribution in [0.25, 0.3) is 0 Å². The van der Waals surface area contributed by atoms with Crippen molar-refractivity contribution in [2.75, 3.05) is 31.1 Å². The van der Waals surface area contributed by atoms with E-state index in [1.165, 1.54) is 5.69 Å². The summed E-state index contributed by atoms with van der Waals surface area (Å²) in [6.45, 7) is 9.51. The van der Waals surface area contributed by atoms with Gasteiger partial charge in [-0.3, -0.25) is 9.69 Å². The minimum atomic E-state index is 0.0428. The van der Waals surface area contributed by atoms with E-state index < -0.39 is 0 Å². The first-order valence-corrected chi connectivity index (χ1v) is 11.1. The summed E-state index contributed by atoms with van der Waals surface area (Å²) in [7, 11) is 0. The first kappa shape index (κ1) is 21.7. The van der Waals surface area contributed by atoms with Gasteiger partial charge in [0, 0.05) is 43.4 Å². The lowest BCUT2D eigenvalue weighted by Gasteiger charge is -2.32. The molecule has 1 N–H and O–H groups in total. The molecule has 1 aliphatic heterocycles. The quantitative estimate of drug-likeness (QED) is 0.680. The largest absolute Gasteiger partial charge is 0.372 e. The molecule has 156 valence electrons. The Kier molecular flexibility index (Phi) is 7.96. The number of likely N-dealkylation sites (tertiary alicyclic amines) is 1. The number of rotatable bonds is 8. The number of nitrogens with one attached hydrogen (secondary N) is 1. The average Bonchev–Trinajstić information content (AvgIpc) is 2.75. The molecule has 0 spiro atoms. The van der Waals surface area contributed by atoms with Gasteiger partial charge in [-0.2, -0.15) is 0 Å². The van der Waals surface area contributed by atoms with Gasteiger partial charge in [0.2, 0.25) is 5.91 Å². The SMILES string of the molecule is CCN(CC)c1ccc(CNC(=O)[C@@H]2CCCN(Cc3ccccc3Cl)C2)cc1. The first-order chi connectivity index (χ1) is 14.1. The highest BCUT2D eigenvalue weighted by Gasteiger charge is 2.25. The monoisotopic (exact) mass is 413 g/mol. The van der Waals surface area contributed by atoms with Crippen LogP contribution in [0.1, 0.15) is 37.8 Å². The fourth-order valence-electron chi connectivity index (χ4n) is 4.03. The topological polar surface area (TPSA) is 35.6 Å². The number of hydrogen-bond acceptors (Lipinski definition) is 3. The van der Waals surface area contributed by atoms with Gasteiger partial charge in [0.25, 0.3) is 0 Å². The van der Waals surface area contributed by atoms with E-state index in [0.717, 1.165) is 61.7 Å². The molecule has 0 radical (unpaired) electrons. The summed E-state index contributed by atoms with van der Waals surface area (Å²) in [5.41, 5.74) is 3.49. The second-order valence-electron chi connectivity index (χ2n) is 7.72. The minimum absolute atomic E-state index is 0.0428. The summed E-state index contributed by atoms with van der Waals surface area (Å²) in [4.78, 5) is 17.4. The van der Waals surface area contributed by atoms with Crippen LogP contribution in [0.5, 0.6) is 0 Å². The zero-order chi connectivity index (χ0) is 20.6. The second-order valence-corrected chi connectivity index (χ2v) is 8.13. The average molecular weight is 414 g/mol. The fourth-order valence-corrected chi connectivity index (χ4v) is 4.22. The second kappa shape index (κ2) is 10.7. The smallest absolute Gasteiger partial charge is 0.224 e. The van der Waals surface area contributed by atoms with Crippen molar-refractivity contribution in [1.82, 2.24) is 10.2 Å². The number of halogens is 1. The third-order valence-electron chi connectivity index (χ3n) is 5.76. The molecular weight excluding hydrogens is 382 g/mol. The van der Waals surface area contributed by atoms with Gasteiger partial charge in [-0.1, -0.05) is 41.9 Å². The lowest BCUT2D eigenvalue weighted by molar-refractivity contribution is -0.126. The van der Waals surface area contributed by atoms with Crippen LogP contribution in [0.2, 0.25) is 5.02 Å². The molecular formula is C24H32ClN3O. The Morgan fingerprint density at radius 1 is 1.14 bits per heavy atom. The highest BCUT2D eigenvalue weighted by molar-refractivity contribution is 6.31. The maximum absolute atomic E-state index is 12.7. The van der Waals surface area contributed by atoms with Crippen LogP contribution in [-0.4, -0.2) is 37.0 Å². The molecule has 3 rings (SSSR count). The van der Waals surface area contributed by atoms with Crippen molar-refractivity contribution in [3.63, 3.8) is 0 Å². The Labute approximate surface area is 179 Å².